The van der Waals surface area contributed by atoms with Crippen molar-refractivity contribution in [2.75, 3.05) is 6.54 Å². The lowest BCUT2D eigenvalue weighted by molar-refractivity contribution is -0.122. The van der Waals surface area contributed by atoms with Crippen molar-refractivity contribution in [1.29, 1.82) is 0 Å². The highest BCUT2D eigenvalue weighted by Gasteiger charge is 2.19. The third-order valence-electron chi connectivity index (χ3n) is 4.93. The lowest BCUT2D eigenvalue weighted by atomic mass is 9.86. The lowest BCUT2D eigenvalue weighted by Crippen LogP contribution is -2.46. The van der Waals surface area contributed by atoms with Crippen molar-refractivity contribution in [3.05, 3.63) is 35.4 Å². The molecule has 142 valence electrons. The van der Waals surface area contributed by atoms with Gasteiger partial charge in [-0.05, 0) is 62.1 Å². The van der Waals surface area contributed by atoms with E-state index in [-0.39, 0.29) is 23.7 Å². The molecule has 1 aliphatic rings. The van der Waals surface area contributed by atoms with Gasteiger partial charge in [0.1, 0.15) is 0 Å². The highest BCUT2D eigenvalue weighted by atomic mass is 35.5. The first-order chi connectivity index (χ1) is 11.3. The van der Waals surface area contributed by atoms with Crippen molar-refractivity contribution >= 4 is 18.3 Å². The van der Waals surface area contributed by atoms with E-state index >= 15 is 0 Å². The van der Waals surface area contributed by atoms with E-state index in [9.17, 15) is 4.79 Å². The Hall–Kier alpha value is -1.06. The fourth-order valence-corrected chi connectivity index (χ4v) is 3.35. The molecule has 0 aliphatic carbocycles. The second kappa shape index (κ2) is 10.2. The van der Waals surface area contributed by atoms with Crippen LogP contribution in [0.3, 0.4) is 0 Å². The number of amides is 1. The number of piperidine rings is 1. The van der Waals surface area contributed by atoms with Gasteiger partial charge in [0, 0.05) is 18.5 Å². The smallest absolute Gasteiger partial charge is 0.220 e. The molecule has 1 aliphatic heterocycles. The summed E-state index contributed by atoms with van der Waals surface area (Å²) in [5.74, 6) is 0.220. The number of benzene rings is 1. The largest absolute Gasteiger partial charge is 0.353 e. The maximum atomic E-state index is 12.1. The van der Waals surface area contributed by atoms with Crippen LogP contribution < -0.4 is 10.6 Å². The Bertz CT molecular complexity index is 522. The van der Waals surface area contributed by atoms with E-state index in [1.807, 2.05) is 0 Å². The van der Waals surface area contributed by atoms with Crippen LogP contribution in [0.2, 0.25) is 0 Å². The molecule has 0 radical (unpaired) electrons. The summed E-state index contributed by atoms with van der Waals surface area (Å²) in [4.78, 5) is 12.1. The molecule has 1 fully saturated rings. The second-order valence-corrected chi connectivity index (χ2v) is 8.30. The Morgan fingerprint density at radius 1 is 1.20 bits per heavy atom. The summed E-state index contributed by atoms with van der Waals surface area (Å²) in [5.41, 5.74) is 2.96. The Balaban J connectivity index is 0.00000312. The molecule has 0 saturated carbocycles. The summed E-state index contributed by atoms with van der Waals surface area (Å²) in [5, 5.41) is 6.61. The number of hydrogen-bond donors (Lipinski definition) is 2. The van der Waals surface area contributed by atoms with Crippen LogP contribution in [-0.2, 0) is 16.6 Å². The minimum atomic E-state index is 0. The molecule has 1 saturated heterocycles. The molecular formula is C21H35ClN2O. The molecule has 2 rings (SSSR count). The third-order valence-corrected chi connectivity index (χ3v) is 4.93. The molecule has 1 aromatic carbocycles. The predicted octanol–water partition coefficient (Wildman–Crippen LogP) is 4.38. The highest BCUT2D eigenvalue weighted by molar-refractivity contribution is 5.85. The first-order valence-corrected chi connectivity index (χ1v) is 9.47. The number of halogens is 1. The summed E-state index contributed by atoms with van der Waals surface area (Å²) in [6, 6.07) is 9.81. The second-order valence-electron chi connectivity index (χ2n) is 8.30. The van der Waals surface area contributed by atoms with Crippen LogP contribution in [0.4, 0.5) is 0 Å². The van der Waals surface area contributed by atoms with Crippen LogP contribution in [0.15, 0.2) is 24.3 Å². The van der Waals surface area contributed by atoms with Gasteiger partial charge in [-0.15, -0.1) is 12.4 Å². The number of unbranched alkanes of at least 4 members (excludes halogenated alkanes) is 1. The molecule has 1 amide bonds. The number of carbonyl (C=O) groups excluding carboxylic acids is 1. The molecule has 1 aromatic rings. The molecule has 2 N–H and O–H groups in total. The van der Waals surface area contributed by atoms with Crippen LogP contribution in [0.5, 0.6) is 0 Å². The molecule has 2 atom stereocenters. The standard InChI is InChI=1S/C21H34N2O.ClH/c1-16-15-19(13-14-22-16)23-20(24)8-6-5-7-17-9-11-18(12-10-17)21(2,3)4;/h9-12,16,19,22H,5-8,13-15H2,1-4H3,(H,23,24);1H. The van der Waals surface area contributed by atoms with Crippen molar-refractivity contribution < 1.29 is 4.79 Å². The Kier molecular flexibility index (Phi) is 8.95. The average Bonchev–Trinajstić information content (AvgIpc) is 2.51. The van der Waals surface area contributed by atoms with Crippen LogP contribution in [0, 0.1) is 0 Å². The minimum absolute atomic E-state index is 0. The van der Waals surface area contributed by atoms with Gasteiger partial charge in [0.2, 0.25) is 5.91 Å². The normalized spacial score (nSPS) is 20.6. The first kappa shape index (κ1) is 22.0. The van der Waals surface area contributed by atoms with Gasteiger partial charge in [-0.25, -0.2) is 0 Å². The monoisotopic (exact) mass is 366 g/mol. The predicted molar refractivity (Wildman–Crippen MR) is 109 cm³/mol. The quantitative estimate of drug-likeness (QED) is 0.734. The zero-order chi connectivity index (χ0) is 17.6. The van der Waals surface area contributed by atoms with Gasteiger partial charge in [-0.2, -0.15) is 0 Å². The first-order valence-electron chi connectivity index (χ1n) is 9.47. The molecular weight excluding hydrogens is 332 g/mol. The van der Waals surface area contributed by atoms with Gasteiger partial charge in [-0.3, -0.25) is 4.79 Å². The van der Waals surface area contributed by atoms with Gasteiger partial charge in [0.25, 0.3) is 0 Å². The van der Waals surface area contributed by atoms with Gasteiger partial charge >= 0.3 is 0 Å². The Morgan fingerprint density at radius 3 is 2.48 bits per heavy atom. The molecule has 2 unspecified atom stereocenters. The van der Waals surface area contributed by atoms with E-state index in [1.54, 1.807) is 0 Å². The molecule has 0 aromatic heterocycles. The number of nitrogens with one attached hydrogen (secondary N) is 2. The van der Waals surface area contributed by atoms with Gasteiger partial charge in [-0.1, -0.05) is 45.0 Å². The Morgan fingerprint density at radius 2 is 1.88 bits per heavy atom. The molecule has 0 spiro atoms. The molecule has 0 bridgehead atoms. The topological polar surface area (TPSA) is 41.1 Å². The zero-order valence-corrected chi connectivity index (χ0v) is 17.0. The number of carbonyl (C=O) groups is 1. The number of rotatable bonds is 6. The average molecular weight is 367 g/mol. The fraction of sp³-hybridized carbons (Fsp3) is 0.667. The van der Waals surface area contributed by atoms with E-state index in [0.717, 1.165) is 38.6 Å². The summed E-state index contributed by atoms with van der Waals surface area (Å²) in [7, 11) is 0. The summed E-state index contributed by atoms with van der Waals surface area (Å²) < 4.78 is 0. The maximum Gasteiger partial charge on any atom is 0.220 e. The van der Waals surface area contributed by atoms with Crippen molar-refractivity contribution in [2.24, 2.45) is 0 Å². The Labute approximate surface area is 159 Å². The molecule has 1 heterocycles. The molecule has 4 heteroatoms. The highest BCUT2D eigenvalue weighted by Crippen LogP contribution is 2.22. The van der Waals surface area contributed by atoms with E-state index in [2.05, 4.69) is 62.6 Å². The SMILES string of the molecule is CC1CC(NC(=O)CCCCc2ccc(C(C)(C)C)cc2)CCN1.Cl. The van der Waals surface area contributed by atoms with Crippen LogP contribution in [0.1, 0.15) is 70.9 Å². The summed E-state index contributed by atoms with van der Waals surface area (Å²) >= 11 is 0. The van der Waals surface area contributed by atoms with Crippen molar-refractivity contribution in [2.45, 2.75) is 83.7 Å². The van der Waals surface area contributed by atoms with Crippen LogP contribution in [-0.4, -0.2) is 24.5 Å². The van der Waals surface area contributed by atoms with Gasteiger partial charge < -0.3 is 10.6 Å². The van der Waals surface area contributed by atoms with Gasteiger partial charge in [0.15, 0.2) is 0 Å². The summed E-state index contributed by atoms with van der Waals surface area (Å²) in [6.07, 6.45) is 5.85. The maximum absolute atomic E-state index is 12.1. The van der Waals surface area contributed by atoms with Crippen molar-refractivity contribution in [3.63, 3.8) is 0 Å². The van der Waals surface area contributed by atoms with Gasteiger partial charge in [0.05, 0.1) is 0 Å². The van der Waals surface area contributed by atoms with Crippen LogP contribution >= 0.6 is 12.4 Å². The van der Waals surface area contributed by atoms with E-state index in [1.165, 1.54) is 11.1 Å². The number of aryl methyl sites for hydroxylation is 1. The zero-order valence-electron chi connectivity index (χ0n) is 16.2. The summed E-state index contributed by atoms with van der Waals surface area (Å²) in [6.45, 7) is 9.91. The van der Waals surface area contributed by atoms with Crippen molar-refractivity contribution in [1.82, 2.24) is 10.6 Å². The lowest BCUT2D eigenvalue weighted by Gasteiger charge is -2.28. The molecule has 3 nitrogen and oxygen atoms in total. The van der Waals surface area contributed by atoms with E-state index in [0.29, 0.717) is 18.5 Å². The van der Waals surface area contributed by atoms with E-state index < -0.39 is 0 Å². The third kappa shape index (κ3) is 7.79. The number of hydrogen-bond acceptors (Lipinski definition) is 2. The van der Waals surface area contributed by atoms with Crippen molar-refractivity contribution in [3.8, 4) is 0 Å². The van der Waals surface area contributed by atoms with Crippen LogP contribution in [0.25, 0.3) is 0 Å². The molecule has 25 heavy (non-hydrogen) atoms. The fourth-order valence-electron chi connectivity index (χ4n) is 3.35. The van der Waals surface area contributed by atoms with E-state index in [4.69, 9.17) is 0 Å². The minimum Gasteiger partial charge on any atom is -0.353 e.